The van der Waals surface area contributed by atoms with E-state index in [1.807, 2.05) is 24.3 Å². The molecule has 0 unspecified atom stereocenters. The number of benzene rings is 1. The maximum atomic E-state index is 11.2. The third-order valence-electron chi connectivity index (χ3n) is 2.75. The van der Waals surface area contributed by atoms with Crippen molar-refractivity contribution in [3.05, 3.63) is 24.3 Å². The van der Waals surface area contributed by atoms with E-state index in [-0.39, 0.29) is 6.09 Å². The predicted octanol–water partition coefficient (Wildman–Crippen LogP) is 1.63. The highest BCUT2D eigenvalue weighted by Crippen LogP contribution is 2.30. The summed E-state index contributed by atoms with van der Waals surface area (Å²) >= 11 is 0. The van der Waals surface area contributed by atoms with Gasteiger partial charge in [-0.3, -0.25) is 0 Å². The van der Waals surface area contributed by atoms with Gasteiger partial charge in [0.1, 0.15) is 12.4 Å². The van der Waals surface area contributed by atoms with Crippen LogP contribution in [0.4, 0.5) is 10.5 Å². The van der Waals surface area contributed by atoms with Gasteiger partial charge in [-0.15, -0.1) is 0 Å². The Labute approximate surface area is 107 Å². The molecule has 0 bridgehead atoms. The number of alkyl carbamates (subject to hydrolysis) is 1. The van der Waals surface area contributed by atoms with Crippen LogP contribution in [-0.4, -0.2) is 38.9 Å². The molecule has 1 aromatic rings. The number of amides is 1. The number of nitrogens with one attached hydrogen (secondary N) is 1. The molecule has 18 heavy (non-hydrogen) atoms. The maximum absolute atomic E-state index is 11.2. The van der Waals surface area contributed by atoms with E-state index in [1.165, 1.54) is 0 Å². The Balaban J connectivity index is 1.86. The fourth-order valence-electron chi connectivity index (χ4n) is 1.93. The SMILES string of the molecule is CCOC(=O)NCCN1CCOc2ccccc21. The molecule has 5 heteroatoms. The van der Waals surface area contributed by atoms with E-state index in [0.717, 1.165) is 24.5 Å². The summed E-state index contributed by atoms with van der Waals surface area (Å²) in [7, 11) is 0. The zero-order chi connectivity index (χ0) is 12.8. The van der Waals surface area contributed by atoms with Crippen LogP contribution < -0.4 is 15.0 Å². The summed E-state index contributed by atoms with van der Waals surface area (Å²) in [4.78, 5) is 13.4. The average molecular weight is 250 g/mol. The van der Waals surface area contributed by atoms with Gasteiger partial charge in [0, 0.05) is 13.1 Å². The molecule has 0 spiro atoms. The van der Waals surface area contributed by atoms with Gasteiger partial charge in [-0.2, -0.15) is 0 Å². The van der Waals surface area contributed by atoms with Gasteiger partial charge in [-0.1, -0.05) is 12.1 Å². The second-order valence-corrected chi connectivity index (χ2v) is 3.95. The summed E-state index contributed by atoms with van der Waals surface area (Å²) in [5.41, 5.74) is 1.08. The van der Waals surface area contributed by atoms with Crippen LogP contribution in [0, 0.1) is 0 Å². The number of anilines is 1. The minimum atomic E-state index is -0.362. The van der Waals surface area contributed by atoms with E-state index in [4.69, 9.17) is 9.47 Å². The van der Waals surface area contributed by atoms with Gasteiger partial charge in [0.15, 0.2) is 0 Å². The molecule has 98 valence electrons. The largest absolute Gasteiger partial charge is 0.490 e. The minimum absolute atomic E-state index is 0.362. The Bertz CT molecular complexity index is 409. The number of carbonyl (C=O) groups is 1. The van der Waals surface area contributed by atoms with Crippen molar-refractivity contribution in [3.63, 3.8) is 0 Å². The normalized spacial score (nSPS) is 13.5. The Morgan fingerprint density at radius 3 is 3.17 bits per heavy atom. The Morgan fingerprint density at radius 1 is 1.50 bits per heavy atom. The molecule has 1 aliphatic heterocycles. The first kappa shape index (κ1) is 12.5. The Morgan fingerprint density at radius 2 is 2.33 bits per heavy atom. The molecule has 0 saturated carbocycles. The van der Waals surface area contributed by atoms with Gasteiger partial charge < -0.3 is 19.7 Å². The number of carbonyl (C=O) groups excluding carboxylic acids is 1. The first-order chi connectivity index (χ1) is 8.81. The monoisotopic (exact) mass is 250 g/mol. The second kappa shape index (κ2) is 6.14. The molecule has 0 atom stereocenters. The fraction of sp³-hybridized carbons (Fsp3) is 0.462. The van der Waals surface area contributed by atoms with Gasteiger partial charge in [0.2, 0.25) is 0 Å². The molecule has 1 N–H and O–H groups in total. The minimum Gasteiger partial charge on any atom is -0.490 e. The van der Waals surface area contributed by atoms with Crippen LogP contribution in [-0.2, 0) is 4.74 Å². The third kappa shape index (κ3) is 3.06. The third-order valence-corrected chi connectivity index (χ3v) is 2.75. The summed E-state index contributed by atoms with van der Waals surface area (Å²) in [6, 6.07) is 7.93. The van der Waals surface area contributed by atoms with Crippen LogP contribution >= 0.6 is 0 Å². The molecule has 2 rings (SSSR count). The van der Waals surface area contributed by atoms with Gasteiger partial charge in [0.05, 0.1) is 18.8 Å². The van der Waals surface area contributed by atoms with Crippen molar-refractivity contribution in [1.29, 1.82) is 0 Å². The summed E-state index contributed by atoms with van der Waals surface area (Å²) < 4.78 is 10.4. The molecule has 0 saturated heterocycles. The molecule has 1 heterocycles. The zero-order valence-corrected chi connectivity index (χ0v) is 10.5. The van der Waals surface area contributed by atoms with Crippen molar-refractivity contribution in [2.24, 2.45) is 0 Å². The molecule has 0 radical (unpaired) electrons. The number of fused-ring (bicyclic) bond motifs is 1. The highest BCUT2D eigenvalue weighted by atomic mass is 16.5. The van der Waals surface area contributed by atoms with Crippen molar-refractivity contribution >= 4 is 11.8 Å². The quantitative estimate of drug-likeness (QED) is 0.882. The first-order valence-corrected chi connectivity index (χ1v) is 6.18. The van der Waals surface area contributed by atoms with E-state index >= 15 is 0 Å². The topological polar surface area (TPSA) is 50.8 Å². The lowest BCUT2D eigenvalue weighted by Crippen LogP contribution is -2.39. The van der Waals surface area contributed by atoms with Gasteiger partial charge in [0.25, 0.3) is 0 Å². The molecule has 0 fully saturated rings. The van der Waals surface area contributed by atoms with Crippen LogP contribution in [0.1, 0.15) is 6.92 Å². The van der Waals surface area contributed by atoms with Crippen molar-refractivity contribution < 1.29 is 14.3 Å². The molecule has 1 aromatic carbocycles. The zero-order valence-electron chi connectivity index (χ0n) is 10.5. The van der Waals surface area contributed by atoms with E-state index in [0.29, 0.717) is 19.8 Å². The van der Waals surface area contributed by atoms with Crippen molar-refractivity contribution in [2.75, 3.05) is 37.7 Å². The molecular weight excluding hydrogens is 232 g/mol. The molecule has 0 aromatic heterocycles. The molecule has 1 amide bonds. The maximum Gasteiger partial charge on any atom is 0.407 e. The van der Waals surface area contributed by atoms with Crippen LogP contribution in [0.2, 0.25) is 0 Å². The Hall–Kier alpha value is -1.91. The predicted molar refractivity (Wildman–Crippen MR) is 69.2 cm³/mol. The van der Waals surface area contributed by atoms with E-state index in [2.05, 4.69) is 10.2 Å². The van der Waals surface area contributed by atoms with Crippen molar-refractivity contribution in [1.82, 2.24) is 5.32 Å². The average Bonchev–Trinajstić information content (AvgIpc) is 2.39. The Kier molecular flexibility index (Phi) is 4.28. The van der Waals surface area contributed by atoms with Crippen LogP contribution in [0.3, 0.4) is 0 Å². The fourth-order valence-corrected chi connectivity index (χ4v) is 1.93. The molecule has 0 aliphatic carbocycles. The van der Waals surface area contributed by atoms with Crippen LogP contribution in [0.15, 0.2) is 24.3 Å². The van der Waals surface area contributed by atoms with E-state index in [1.54, 1.807) is 6.92 Å². The van der Waals surface area contributed by atoms with E-state index < -0.39 is 0 Å². The molecular formula is C13H18N2O3. The highest BCUT2D eigenvalue weighted by molar-refractivity contribution is 5.67. The van der Waals surface area contributed by atoms with Gasteiger partial charge in [-0.25, -0.2) is 4.79 Å². The smallest absolute Gasteiger partial charge is 0.407 e. The lowest BCUT2D eigenvalue weighted by Gasteiger charge is -2.31. The van der Waals surface area contributed by atoms with Crippen molar-refractivity contribution in [2.45, 2.75) is 6.92 Å². The highest BCUT2D eigenvalue weighted by Gasteiger charge is 2.16. The summed E-state index contributed by atoms with van der Waals surface area (Å²) in [5, 5.41) is 2.72. The lowest BCUT2D eigenvalue weighted by molar-refractivity contribution is 0.152. The molecule has 5 nitrogen and oxygen atoms in total. The van der Waals surface area contributed by atoms with Gasteiger partial charge >= 0.3 is 6.09 Å². The number of nitrogens with zero attached hydrogens (tertiary/aromatic N) is 1. The van der Waals surface area contributed by atoms with Crippen molar-refractivity contribution in [3.8, 4) is 5.75 Å². The molecule has 1 aliphatic rings. The summed E-state index contributed by atoms with van der Waals surface area (Å²) in [6.07, 6.45) is -0.362. The van der Waals surface area contributed by atoms with Crippen LogP contribution in [0.25, 0.3) is 0 Å². The number of para-hydroxylation sites is 2. The van der Waals surface area contributed by atoms with Gasteiger partial charge in [-0.05, 0) is 19.1 Å². The summed E-state index contributed by atoms with van der Waals surface area (Å²) in [6.45, 7) is 5.01. The number of hydrogen-bond donors (Lipinski definition) is 1. The standard InChI is InChI=1S/C13H18N2O3/c1-2-17-13(16)14-7-8-15-9-10-18-12-6-4-3-5-11(12)15/h3-6H,2,7-10H2,1H3,(H,14,16). The first-order valence-electron chi connectivity index (χ1n) is 6.18. The van der Waals surface area contributed by atoms with Crippen LogP contribution in [0.5, 0.6) is 5.75 Å². The number of ether oxygens (including phenoxy) is 2. The van der Waals surface area contributed by atoms with E-state index in [9.17, 15) is 4.79 Å². The number of hydrogen-bond acceptors (Lipinski definition) is 4. The summed E-state index contributed by atoms with van der Waals surface area (Å²) in [5.74, 6) is 0.903. The lowest BCUT2D eigenvalue weighted by atomic mass is 10.2. The second-order valence-electron chi connectivity index (χ2n) is 3.95. The number of rotatable bonds is 4.